The molecule has 1 atom stereocenters. The summed E-state index contributed by atoms with van der Waals surface area (Å²) >= 11 is 0. The van der Waals surface area contributed by atoms with Gasteiger partial charge in [-0.2, -0.15) is 13.2 Å². The Hall–Kier alpha value is -1.63. The van der Waals surface area contributed by atoms with Crippen LogP contribution in [0.3, 0.4) is 0 Å². The highest BCUT2D eigenvalue weighted by molar-refractivity contribution is 5.35. The lowest BCUT2D eigenvalue weighted by molar-refractivity contribution is -0.260. The highest BCUT2D eigenvalue weighted by Crippen LogP contribution is 2.37. The van der Waals surface area contributed by atoms with Crippen molar-refractivity contribution in [2.75, 3.05) is 0 Å². The standard InChI is InChI=1S/C9H8F3N3O/c1-8(16,9(10,11)12)6-5-15-3-2-13-7(15)4-14-6/h2-5,16H,1H3. The van der Waals surface area contributed by atoms with Crippen LogP contribution in [0.4, 0.5) is 13.2 Å². The first-order chi connectivity index (χ1) is 7.32. The monoisotopic (exact) mass is 231 g/mol. The summed E-state index contributed by atoms with van der Waals surface area (Å²) < 4.78 is 39.0. The van der Waals surface area contributed by atoms with Crippen LogP contribution in [-0.2, 0) is 5.60 Å². The molecule has 2 heterocycles. The quantitative estimate of drug-likeness (QED) is 0.809. The number of aromatic nitrogens is 3. The maximum Gasteiger partial charge on any atom is 0.422 e. The predicted octanol–water partition coefficient (Wildman–Crippen LogP) is 1.50. The third-order valence-corrected chi connectivity index (χ3v) is 2.33. The van der Waals surface area contributed by atoms with Gasteiger partial charge in [-0.05, 0) is 6.92 Å². The minimum absolute atomic E-state index is 0.418. The Labute approximate surface area is 88.4 Å². The number of hydrogen-bond acceptors (Lipinski definition) is 3. The number of hydrogen-bond donors (Lipinski definition) is 1. The smallest absolute Gasteiger partial charge is 0.375 e. The summed E-state index contributed by atoms with van der Waals surface area (Å²) in [5, 5.41) is 9.40. The van der Waals surface area contributed by atoms with Gasteiger partial charge in [0.2, 0.25) is 5.60 Å². The van der Waals surface area contributed by atoms with Gasteiger partial charge in [-0.1, -0.05) is 0 Å². The molecule has 0 aliphatic heterocycles. The van der Waals surface area contributed by atoms with Crippen molar-refractivity contribution in [2.24, 2.45) is 0 Å². The molecule has 1 N–H and O–H groups in total. The van der Waals surface area contributed by atoms with Crippen molar-refractivity contribution in [1.29, 1.82) is 0 Å². The van der Waals surface area contributed by atoms with Gasteiger partial charge in [0.1, 0.15) is 0 Å². The first-order valence-electron chi connectivity index (χ1n) is 4.40. The van der Waals surface area contributed by atoms with Crippen molar-refractivity contribution in [3.05, 3.63) is 30.5 Å². The molecule has 2 aromatic heterocycles. The van der Waals surface area contributed by atoms with E-state index >= 15 is 0 Å². The molecule has 0 amide bonds. The van der Waals surface area contributed by atoms with Gasteiger partial charge in [-0.3, -0.25) is 4.98 Å². The average molecular weight is 231 g/mol. The van der Waals surface area contributed by atoms with E-state index in [4.69, 9.17) is 0 Å². The van der Waals surface area contributed by atoms with Crippen molar-refractivity contribution < 1.29 is 18.3 Å². The summed E-state index contributed by atoms with van der Waals surface area (Å²) in [6, 6.07) is 0. The minimum atomic E-state index is -4.77. The Morgan fingerprint density at radius 3 is 2.62 bits per heavy atom. The van der Waals surface area contributed by atoms with Gasteiger partial charge in [-0.25, -0.2) is 4.98 Å². The van der Waals surface area contributed by atoms with E-state index in [1.165, 1.54) is 23.0 Å². The van der Waals surface area contributed by atoms with Crippen molar-refractivity contribution >= 4 is 5.65 Å². The number of aliphatic hydroxyl groups is 1. The van der Waals surface area contributed by atoms with Crippen molar-refractivity contribution in [3.8, 4) is 0 Å². The number of fused-ring (bicyclic) bond motifs is 1. The number of halogens is 3. The van der Waals surface area contributed by atoms with Gasteiger partial charge in [0.15, 0.2) is 5.65 Å². The largest absolute Gasteiger partial charge is 0.422 e. The molecule has 4 nitrogen and oxygen atoms in total. The molecule has 16 heavy (non-hydrogen) atoms. The van der Waals surface area contributed by atoms with Gasteiger partial charge >= 0.3 is 6.18 Å². The molecule has 0 fully saturated rings. The molecular formula is C9H8F3N3O. The van der Waals surface area contributed by atoms with Gasteiger partial charge in [0, 0.05) is 18.6 Å². The summed E-state index contributed by atoms with van der Waals surface area (Å²) in [7, 11) is 0. The Morgan fingerprint density at radius 1 is 1.31 bits per heavy atom. The van der Waals surface area contributed by atoms with E-state index in [0.29, 0.717) is 12.6 Å². The fourth-order valence-corrected chi connectivity index (χ4v) is 1.22. The molecule has 1 unspecified atom stereocenters. The van der Waals surface area contributed by atoms with Crippen LogP contribution in [-0.4, -0.2) is 25.7 Å². The third kappa shape index (κ3) is 1.53. The van der Waals surface area contributed by atoms with Crippen molar-refractivity contribution in [1.82, 2.24) is 14.4 Å². The molecule has 0 saturated carbocycles. The summed E-state index contributed by atoms with van der Waals surface area (Å²) in [4.78, 5) is 7.41. The van der Waals surface area contributed by atoms with Crippen LogP contribution in [0.25, 0.3) is 5.65 Å². The molecule has 0 radical (unpaired) electrons. The van der Waals surface area contributed by atoms with E-state index in [2.05, 4.69) is 9.97 Å². The lowest BCUT2D eigenvalue weighted by atomic mass is 10.0. The van der Waals surface area contributed by atoms with Gasteiger partial charge in [0.25, 0.3) is 0 Å². The topological polar surface area (TPSA) is 50.4 Å². The second-order valence-corrected chi connectivity index (χ2v) is 3.54. The molecular weight excluding hydrogens is 223 g/mol. The summed E-state index contributed by atoms with van der Waals surface area (Å²) in [6.07, 6.45) is 0.426. The number of nitrogens with zero attached hydrogens (tertiary/aromatic N) is 3. The van der Waals surface area contributed by atoms with Crippen LogP contribution in [0, 0.1) is 0 Å². The van der Waals surface area contributed by atoms with E-state index in [1.807, 2.05) is 0 Å². The SMILES string of the molecule is CC(O)(c1cn2ccnc2cn1)C(F)(F)F. The average Bonchev–Trinajstić information content (AvgIpc) is 2.61. The summed E-state index contributed by atoms with van der Waals surface area (Å²) in [6.45, 7) is 0.665. The third-order valence-electron chi connectivity index (χ3n) is 2.33. The maximum absolute atomic E-state index is 12.5. The van der Waals surface area contributed by atoms with Crippen LogP contribution >= 0.6 is 0 Å². The Balaban J connectivity index is 2.54. The van der Waals surface area contributed by atoms with E-state index in [-0.39, 0.29) is 0 Å². The van der Waals surface area contributed by atoms with Crippen LogP contribution in [0.15, 0.2) is 24.8 Å². The minimum Gasteiger partial charge on any atom is -0.375 e. The fourth-order valence-electron chi connectivity index (χ4n) is 1.22. The van der Waals surface area contributed by atoms with Crippen LogP contribution in [0.1, 0.15) is 12.6 Å². The maximum atomic E-state index is 12.5. The lowest BCUT2D eigenvalue weighted by Crippen LogP contribution is -2.40. The van der Waals surface area contributed by atoms with E-state index < -0.39 is 17.5 Å². The van der Waals surface area contributed by atoms with Crippen LogP contribution in [0.2, 0.25) is 0 Å². The number of imidazole rings is 1. The highest BCUT2D eigenvalue weighted by atomic mass is 19.4. The summed E-state index contributed by atoms with van der Waals surface area (Å²) in [5.74, 6) is 0. The molecule has 2 aromatic rings. The second-order valence-electron chi connectivity index (χ2n) is 3.54. The first-order valence-corrected chi connectivity index (χ1v) is 4.40. The zero-order chi connectivity index (χ0) is 12.0. The fraction of sp³-hybridized carbons (Fsp3) is 0.333. The van der Waals surface area contributed by atoms with Crippen molar-refractivity contribution in [2.45, 2.75) is 18.7 Å². The predicted molar refractivity (Wildman–Crippen MR) is 48.6 cm³/mol. The van der Waals surface area contributed by atoms with Crippen molar-refractivity contribution in [3.63, 3.8) is 0 Å². The first kappa shape index (κ1) is 10.9. The van der Waals surface area contributed by atoms with Gasteiger partial charge in [-0.15, -0.1) is 0 Å². The Morgan fingerprint density at radius 2 is 2.00 bits per heavy atom. The van der Waals surface area contributed by atoms with Gasteiger partial charge < -0.3 is 9.51 Å². The number of rotatable bonds is 1. The zero-order valence-corrected chi connectivity index (χ0v) is 8.23. The molecule has 0 aliphatic carbocycles. The molecule has 7 heteroatoms. The normalized spacial score (nSPS) is 16.3. The molecule has 0 aliphatic rings. The molecule has 0 saturated heterocycles. The lowest BCUT2D eigenvalue weighted by Gasteiger charge is -2.25. The Bertz CT molecular complexity index is 518. The molecule has 86 valence electrons. The number of alkyl halides is 3. The molecule has 0 aromatic carbocycles. The van der Waals surface area contributed by atoms with E-state index in [1.54, 1.807) is 0 Å². The summed E-state index contributed by atoms with van der Waals surface area (Å²) in [5.41, 5.74) is -3.02. The zero-order valence-electron chi connectivity index (χ0n) is 8.23. The second kappa shape index (κ2) is 3.18. The molecule has 2 rings (SSSR count). The van der Waals surface area contributed by atoms with Crippen LogP contribution < -0.4 is 0 Å². The van der Waals surface area contributed by atoms with Gasteiger partial charge in [0.05, 0.1) is 11.9 Å². The van der Waals surface area contributed by atoms with E-state index in [9.17, 15) is 18.3 Å². The van der Waals surface area contributed by atoms with Crippen LogP contribution in [0.5, 0.6) is 0 Å². The highest BCUT2D eigenvalue weighted by Gasteiger charge is 2.52. The molecule has 0 bridgehead atoms. The Kier molecular flexibility index (Phi) is 2.16. The van der Waals surface area contributed by atoms with E-state index in [0.717, 1.165) is 6.20 Å². The molecule has 0 spiro atoms.